The third-order valence-electron chi connectivity index (χ3n) is 2.40. The van der Waals surface area contributed by atoms with Crippen LogP contribution in [-0.4, -0.2) is 4.61 Å². The third-order valence-corrected chi connectivity index (χ3v) is 2.68. The molecule has 0 saturated heterocycles. The molecule has 0 aromatic heterocycles. The van der Waals surface area contributed by atoms with Crippen molar-refractivity contribution < 1.29 is 17.9 Å². The molecule has 0 bridgehead atoms. The second kappa shape index (κ2) is 5.67. The van der Waals surface area contributed by atoms with Crippen molar-refractivity contribution in [3.05, 3.63) is 77.9 Å². The van der Waals surface area contributed by atoms with Crippen molar-refractivity contribution in [2.45, 2.75) is 0 Å². The number of allylic oxidation sites excluding steroid dienone is 1. The standard InChI is InChI=1S/C15H12.Ru/c1-2-15(13-9-5-3-6-10-13)14-11-7-4-8-12-14;/h1-12H;/q;+1. The molecule has 0 aliphatic rings. The van der Waals surface area contributed by atoms with Gasteiger partial charge < -0.3 is 0 Å². The molecule has 0 fully saturated rings. The number of rotatable bonds is 3. The molecule has 0 spiro atoms. The van der Waals surface area contributed by atoms with Gasteiger partial charge in [-0.1, -0.05) is 0 Å². The van der Waals surface area contributed by atoms with Crippen LogP contribution < -0.4 is 0 Å². The van der Waals surface area contributed by atoms with Gasteiger partial charge in [0.2, 0.25) is 0 Å². The summed E-state index contributed by atoms with van der Waals surface area (Å²) in [6.45, 7) is 0. The summed E-state index contributed by atoms with van der Waals surface area (Å²) in [4.78, 5) is 0. The average molecular weight is 293 g/mol. The molecule has 2 aromatic rings. The van der Waals surface area contributed by atoms with Crippen LogP contribution >= 0.6 is 0 Å². The molecular weight excluding hydrogens is 281 g/mol. The molecule has 0 nitrogen and oxygen atoms in total. The van der Waals surface area contributed by atoms with Crippen LogP contribution in [-0.2, 0) is 17.9 Å². The number of hydrogen-bond donors (Lipinski definition) is 0. The molecule has 2 aromatic carbocycles. The van der Waals surface area contributed by atoms with Gasteiger partial charge in [-0.2, -0.15) is 0 Å². The van der Waals surface area contributed by atoms with Gasteiger partial charge in [-0.3, -0.25) is 0 Å². The van der Waals surface area contributed by atoms with Crippen molar-refractivity contribution in [2.24, 2.45) is 0 Å². The molecule has 0 N–H and O–H groups in total. The Morgan fingerprint density at radius 2 is 1.19 bits per heavy atom. The van der Waals surface area contributed by atoms with Gasteiger partial charge in [0.1, 0.15) is 0 Å². The quantitative estimate of drug-likeness (QED) is 0.760. The molecule has 0 unspecified atom stereocenters. The van der Waals surface area contributed by atoms with Crippen LogP contribution in [0.25, 0.3) is 5.57 Å². The Hall–Kier alpha value is -1.33. The Labute approximate surface area is 106 Å². The molecule has 0 radical (unpaired) electrons. The normalized spacial score (nSPS) is 9.50. The van der Waals surface area contributed by atoms with Crippen LogP contribution in [0.5, 0.6) is 0 Å². The fraction of sp³-hybridized carbons (Fsp3) is 0. The van der Waals surface area contributed by atoms with Crippen molar-refractivity contribution >= 4 is 10.2 Å². The zero-order valence-electron chi connectivity index (χ0n) is 8.78. The number of benzene rings is 2. The van der Waals surface area contributed by atoms with E-state index in [1.165, 1.54) is 16.7 Å². The van der Waals surface area contributed by atoms with E-state index in [1.807, 2.05) is 16.7 Å². The minimum absolute atomic E-state index is 1.25. The summed E-state index contributed by atoms with van der Waals surface area (Å²) in [6.07, 6.45) is 2.13. The van der Waals surface area contributed by atoms with E-state index < -0.39 is 0 Å². The summed E-state index contributed by atoms with van der Waals surface area (Å²) in [5.74, 6) is 0. The Kier molecular flexibility index (Phi) is 3.96. The molecule has 0 saturated carbocycles. The summed E-state index contributed by atoms with van der Waals surface area (Å²) in [5.41, 5.74) is 3.74. The molecule has 2 rings (SSSR count). The zero-order valence-corrected chi connectivity index (χ0v) is 10.5. The van der Waals surface area contributed by atoms with Crippen molar-refractivity contribution in [3.63, 3.8) is 0 Å². The van der Waals surface area contributed by atoms with E-state index in [2.05, 4.69) is 72.5 Å². The van der Waals surface area contributed by atoms with Crippen LogP contribution in [0.1, 0.15) is 11.1 Å². The van der Waals surface area contributed by atoms with E-state index in [0.29, 0.717) is 0 Å². The van der Waals surface area contributed by atoms with Crippen LogP contribution in [0.4, 0.5) is 0 Å². The molecule has 0 heterocycles. The molecule has 0 amide bonds. The summed E-state index contributed by atoms with van der Waals surface area (Å²) < 4.78 is 2.01. The van der Waals surface area contributed by atoms with Gasteiger partial charge >= 0.3 is 106 Å². The molecule has 0 atom stereocenters. The molecule has 0 aliphatic carbocycles. The van der Waals surface area contributed by atoms with Crippen LogP contribution in [0.3, 0.4) is 0 Å². The van der Waals surface area contributed by atoms with Crippen molar-refractivity contribution in [1.29, 1.82) is 0 Å². The first-order valence-corrected chi connectivity index (χ1v) is 6.15. The zero-order chi connectivity index (χ0) is 11.2. The Morgan fingerprint density at radius 3 is 1.56 bits per heavy atom. The molecule has 1 heteroatoms. The fourth-order valence-electron chi connectivity index (χ4n) is 1.65. The van der Waals surface area contributed by atoms with E-state index >= 15 is 0 Å². The van der Waals surface area contributed by atoms with Crippen LogP contribution in [0.15, 0.2) is 66.7 Å². The Bertz CT molecular complexity index is 442. The van der Waals surface area contributed by atoms with Crippen LogP contribution in [0, 0.1) is 0 Å². The first-order chi connectivity index (χ1) is 7.92. The maximum absolute atomic E-state index is 2.53. The van der Waals surface area contributed by atoms with Crippen molar-refractivity contribution in [2.75, 3.05) is 0 Å². The molecular formula is C15H12Ru+. The maximum atomic E-state index is 2.53. The van der Waals surface area contributed by atoms with E-state index in [1.54, 1.807) is 0 Å². The average Bonchev–Trinajstić information content (AvgIpc) is 2.38. The fourth-order valence-corrected chi connectivity index (χ4v) is 1.94. The summed E-state index contributed by atoms with van der Waals surface area (Å²) in [6, 6.07) is 20.9. The van der Waals surface area contributed by atoms with Gasteiger partial charge in [-0.25, -0.2) is 0 Å². The van der Waals surface area contributed by atoms with E-state index in [0.717, 1.165) is 0 Å². The third kappa shape index (κ3) is 2.62. The van der Waals surface area contributed by atoms with Gasteiger partial charge in [0.05, 0.1) is 0 Å². The van der Waals surface area contributed by atoms with E-state index in [4.69, 9.17) is 0 Å². The predicted molar refractivity (Wildman–Crippen MR) is 66.0 cm³/mol. The minimum atomic E-state index is 1.25. The van der Waals surface area contributed by atoms with Crippen molar-refractivity contribution in [3.8, 4) is 0 Å². The summed E-state index contributed by atoms with van der Waals surface area (Å²) >= 11 is 2.53. The second-order valence-corrected chi connectivity index (χ2v) is 4.01. The predicted octanol–water partition coefficient (Wildman–Crippen LogP) is 3.47. The first-order valence-electron chi connectivity index (χ1n) is 5.15. The van der Waals surface area contributed by atoms with Gasteiger partial charge in [0, 0.05) is 0 Å². The first kappa shape index (κ1) is 11.2. The monoisotopic (exact) mass is 294 g/mol. The Morgan fingerprint density at radius 1 is 0.750 bits per heavy atom. The summed E-state index contributed by atoms with van der Waals surface area (Å²) in [5, 5.41) is 0. The molecule has 79 valence electrons. The van der Waals surface area contributed by atoms with Gasteiger partial charge in [0.25, 0.3) is 0 Å². The van der Waals surface area contributed by atoms with Gasteiger partial charge in [0.15, 0.2) is 0 Å². The second-order valence-electron chi connectivity index (χ2n) is 3.43. The van der Waals surface area contributed by atoms with Gasteiger partial charge in [-0.15, -0.1) is 0 Å². The Balaban J connectivity index is 2.48. The van der Waals surface area contributed by atoms with Crippen LogP contribution in [0.2, 0.25) is 0 Å². The molecule has 16 heavy (non-hydrogen) atoms. The SMILES string of the molecule is [Ru+]=[CH]C=C(c1ccccc1)c1ccccc1. The van der Waals surface area contributed by atoms with Gasteiger partial charge in [-0.05, 0) is 0 Å². The molecule has 0 aliphatic heterocycles. The van der Waals surface area contributed by atoms with E-state index in [-0.39, 0.29) is 0 Å². The summed E-state index contributed by atoms with van der Waals surface area (Å²) in [7, 11) is 0. The number of hydrogen-bond acceptors (Lipinski definition) is 0. The topological polar surface area (TPSA) is 0 Å². The van der Waals surface area contributed by atoms with E-state index in [9.17, 15) is 0 Å². The van der Waals surface area contributed by atoms with Crippen molar-refractivity contribution in [1.82, 2.24) is 0 Å².